The van der Waals surface area contributed by atoms with E-state index in [1.165, 1.54) is 5.56 Å². The minimum Gasteiger partial charge on any atom is -0.497 e. The summed E-state index contributed by atoms with van der Waals surface area (Å²) in [5.74, 6) is 2.82. The van der Waals surface area contributed by atoms with Crippen LogP contribution in [-0.2, 0) is 0 Å². The average molecular weight is 373 g/mol. The van der Waals surface area contributed by atoms with Gasteiger partial charge in [-0.25, -0.2) is 0 Å². The Balaban J connectivity index is 0.00000243. The van der Waals surface area contributed by atoms with Crippen LogP contribution in [0, 0.1) is 23.2 Å². The van der Waals surface area contributed by atoms with Gasteiger partial charge in [-0.15, -0.1) is 12.4 Å². The Labute approximate surface area is 161 Å². The van der Waals surface area contributed by atoms with Crippen molar-refractivity contribution in [3.05, 3.63) is 59.7 Å². The number of halogens is 1. The van der Waals surface area contributed by atoms with Crippen molar-refractivity contribution in [1.82, 2.24) is 5.32 Å². The van der Waals surface area contributed by atoms with E-state index in [1.807, 2.05) is 30.3 Å². The minimum atomic E-state index is 0. The van der Waals surface area contributed by atoms with Crippen LogP contribution in [0.5, 0.6) is 11.5 Å². The van der Waals surface area contributed by atoms with Gasteiger partial charge in [-0.2, -0.15) is 5.26 Å². The molecule has 26 heavy (non-hydrogen) atoms. The van der Waals surface area contributed by atoms with Gasteiger partial charge in [0.25, 0.3) is 0 Å². The van der Waals surface area contributed by atoms with Gasteiger partial charge in [0.15, 0.2) is 0 Å². The summed E-state index contributed by atoms with van der Waals surface area (Å²) in [6.07, 6.45) is 0. The second-order valence-corrected chi connectivity index (χ2v) is 6.61. The molecule has 1 fully saturated rings. The van der Waals surface area contributed by atoms with E-state index >= 15 is 0 Å². The second kappa shape index (κ2) is 9.47. The molecule has 1 aliphatic heterocycles. The highest BCUT2D eigenvalue weighted by molar-refractivity contribution is 5.85. The molecule has 138 valence electrons. The summed E-state index contributed by atoms with van der Waals surface area (Å²) in [6.45, 7) is 4.78. The number of nitriles is 1. The molecule has 4 nitrogen and oxygen atoms in total. The van der Waals surface area contributed by atoms with Crippen LogP contribution in [0.15, 0.2) is 48.5 Å². The number of nitrogens with one attached hydrogen (secondary N) is 1. The molecule has 1 N–H and O–H groups in total. The molecule has 0 aromatic heterocycles. The molecule has 3 unspecified atom stereocenters. The van der Waals surface area contributed by atoms with Gasteiger partial charge < -0.3 is 14.8 Å². The van der Waals surface area contributed by atoms with E-state index in [2.05, 4.69) is 30.4 Å². The fourth-order valence-electron chi connectivity index (χ4n) is 3.69. The number of nitrogens with zero attached hydrogens (tertiary/aromatic N) is 1. The molecule has 1 heterocycles. The molecule has 5 heteroatoms. The SMILES string of the molecule is COc1ccc(C2C(C)CNCC2COc2ccccc2C#N)cc1.Cl. The fraction of sp³-hybridized carbons (Fsp3) is 0.381. The molecule has 0 radical (unpaired) electrons. The van der Waals surface area contributed by atoms with Crippen LogP contribution in [0.25, 0.3) is 0 Å². The maximum absolute atomic E-state index is 9.22. The van der Waals surface area contributed by atoms with Crippen molar-refractivity contribution in [2.45, 2.75) is 12.8 Å². The molecule has 0 bridgehead atoms. The lowest BCUT2D eigenvalue weighted by Gasteiger charge is -2.37. The Bertz CT molecular complexity index is 742. The van der Waals surface area contributed by atoms with Crippen LogP contribution >= 0.6 is 12.4 Å². The summed E-state index contributed by atoms with van der Waals surface area (Å²) >= 11 is 0. The third-order valence-corrected chi connectivity index (χ3v) is 4.95. The summed E-state index contributed by atoms with van der Waals surface area (Å²) < 4.78 is 11.3. The summed E-state index contributed by atoms with van der Waals surface area (Å²) in [5.41, 5.74) is 1.90. The highest BCUT2D eigenvalue weighted by Crippen LogP contribution is 2.35. The third kappa shape index (κ3) is 4.49. The Morgan fingerprint density at radius 3 is 2.54 bits per heavy atom. The monoisotopic (exact) mass is 372 g/mol. The van der Waals surface area contributed by atoms with Gasteiger partial charge >= 0.3 is 0 Å². The first-order valence-electron chi connectivity index (χ1n) is 8.69. The predicted octanol–water partition coefficient (Wildman–Crippen LogP) is 4.01. The van der Waals surface area contributed by atoms with Crippen molar-refractivity contribution in [2.24, 2.45) is 11.8 Å². The molecule has 0 saturated carbocycles. The lowest BCUT2D eigenvalue weighted by atomic mass is 9.75. The Kier molecular flexibility index (Phi) is 7.32. The van der Waals surface area contributed by atoms with Crippen molar-refractivity contribution < 1.29 is 9.47 Å². The normalized spacial score (nSPS) is 22.0. The first kappa shape index (κ1) is 20.1. The van der Waals surface area contributed by atoms with Crippen molar-refractivity contribution in [3.63, 3.8) is 0 Å². The molecule has 0 amide bonds. The number of ether oxygens (including phenoxy) is 2. The van der Waals surface area contributed by atoms with Gasteiger partial charge in [0.05, 0.1) is 19.3 Å². The van der Waals surface area contributed by atoms with Gasteiger partial charge in [-0.3, -0.25) is 0 Å². The van der Waals surface area contributed by atoms with E-state index in [-0.39, 0.29) is 12.4 Å². The largest absolute Gasteiger partial charge is 0.497 e. The topological polar surface area (TPSA) is 54.3 Å². The number of hydrogen-bond donors (Lipinski definition) is 1. The molecule has 2 aromatic rings. The van der Waals surface area contributed by atoms with E-state index in [4.69, 9.17) is 9.47 Å². The van der Waals surface area contributed by atoms with E-state index in [1.54, 1.807) is 13.2 Å². The Morgan fingerprint density at radius 1 is 1.12 bits per heavy atom. The summed E-state index contributed by atoms with van der Waals surface area (Å²) in [5, 5.41) is 12.7. The summed E-state index contributed by atoms with van der Waals surface area (Å²) in [6, 6.07) is 18.0. The molecule has 2 aromatic carbocycles. The number of piperidine rings is 1. The smallest absolute Gasteiger partial charge is 0.137 e. The van der Waals surface area contributed by atoms with E-state index in [9.17, 15) is 5.26 Å². The predicted molar refractivity (Wildman–Crippen MR) is 105 cm³/mol. The maximum atomic E-state index is 9.22. The average Bonchev–Trinajstić information content (AvgIpc) is 2.67. The Morgan fingerprint density at radius 2 is 1.85 bits per heavy atom. The molecule has 1 saturated heterocycles. The number of rotatable bonds is 5. The maximum Gasteiger partial charge on any atom is 0.137 e. The fourth-order valence-corrected chi connectivity index (χ4v) is 3.69. The van der Waals surface area contributed by atoms with Crippen molar-refractivity contribution in [3.8, 4) is 17.6 Å². The van der Waals surface area contributed by atoms with Crippen LogP contribution in [0.2, 0.25) is 0 Å². The van der Waals surface area contributed by atoms with Crippen LogP contribution in [0.1, 0.15) is 24.0 Å². The molecular formula is C21H25ClN2O2. The first-order valence-corrected chi connectivity index (χ1v) is 8.69. The number of hydrogen-bond acceptors (Lipinski definition) is 4. The van der Waals surface area contributed by atoms with Crippen molar-refractivity contribution >= 4 is 12.4 Å². The zero-order chi connectivity index (χ0) is 17.6. The van der Waals surface area contributed by atoms with Gasteiger partial charge in [-0.1, -0.05) is 31.2 Å². The minimum absolute atomic E-state index is 0. The van der Waals surface area contributed by atoms with E-state index in [0.717, 1.165) is 18.8 Å². The van der Waals surface area contributed by atoms with Crippen LogP contribution in [0.4, 0.5) is 0 Å². The van der Waals surface area contributed by atoms with Crippen molar-refractivity contribution in [2.75, 3.05) is 26.8 Å². The lowest BCUT2D eigenvalue weighted by molar-refractivity contribution is 0.166. The molecule has 1 aliphatic rings. The zero-order valence-electron chi connectivity index (χ0n) is 15.1. The molecule has 0 aliphatic carbocycles. The van der Waals surface area contributed by atoms with Crippen LogP contribution in [0.3, 0.4) is 0 Å². The third-order valence-electron chi connectivity index (χ3n) is 4.95. The van der Waals surface area contributed by atoms with Crippen LogP contribution < -0.4 is 14.8 Å². The van der Waals surface area contributed by atoms with Gasteiger partial charge in [0.2, 0.25) is 0 Å². The summed E-state index contributed by atoms with van der Waals surface area (Å²) in [4.78, 5) is 0. The standard InChI is InChI=1S/C21H24N2O2.ClH/c1-15-12-23-13-18(14-25-20-6-4-3-5-17(20)11-22)21(15)16-7-9-19(24-2)10-8-16;/h3-10,15,18,21,23H,12-14H2,1-2H3;1H. The van der Waals surface area contributed by atoms with Gasteiger partial charge in [-0.05, 0) is 48.2 Å². The van der Waals surface area contributed by atoms with E-state index in [0.29, 0.717) is 35.7 Å². The molecular weight excluding hydrogens is 348 g/mol. The second-order valence-electron chi connectivity index (χ2n) is 6.61. The van der Waals surface area contributed by atoms with Crippen molar-refractivity contribution in [1.29, 1.82) is 5.26 Å². The zero-order valence-corrected chi connectivity index (χ0v) is 16.0. The first-order chi connectivity index (χ1) is 12.2. The lowest BCUT2D eigenvalue weighted by Crippen LogP contribution is -2.43. The van der Waals surface area contributed by atoms with Gasteiger partial charge in [0.1, 0.15) is 17.6 Å². The van der Waals surface area contributed by atoms with Crippen LogP contribution in [-0.4, -0.2) is 26.8 Å². The highest BCUT2D eigenvalue weighted by Gasteiger charge is 2.32. The molecule has 0 spiro atoms. The Hall–Kier alpha value is -2.22. The van der Waals surface area contributed by atoms with E-state index < -0.39 is 0 Å². The molecule has 3 atom stereocenters. The van der Waals surface area contributed by atoms with Gasteiger partial charge in [0, 0.05) is 12.5 Å². The molecule has 3 rings (SSSR count). The highest BCUT2D eigenvalue weighted by atomic mass is 35.5. The summed E-state index contributed by atoms with van der Waals surface area (Å²) in [7, 11) is 1.69. The number of para-hydroxylation sites is 1. The quantitative estimate of drug-likeness (QED) is 0.861. The number of benzene rings is 2. The number of methoxy groups -OCH3 is 1.